The van der Waals surface area contributed by atoms with Gasteiger partial charge in [0.05, 0.1) is 29.8 Å². The Morgan fingerprint density at radius 1 is 1.23 bits per heavy atom. The van der Waals surface area contributed by atoms with E-state index in [-0.39, 0.29) is 0 Å². The second-order valence-corrected chi connectivity index (χ2v) is 8.15. The molecule has 0 aliphatic rings. The lowest BCUT2D eigenvalue weighted by molar-refractivity contribution is -0.116. The van der Waals surface area contributed by atoms with Crippen molar-refractivity contribution in [3.05, 3.63) is 53.1 Å². The molecule has 0 bridgehead atoms. The summed E-state index contributed by atoms with van der Waals surface area (Å²) in [6.07, 6.45) is 1.05. The SMILES string of the molecule is COc1ccc(C)cc1N([C@@H](C)C(=O)Nc1ccccc1Cl)S(C)(=O)=O. The number of amides is 1. The standard InChI is InChI=1S/C18H21ClN2O4S/c1-12-9-10-17(25-3)16(11-12)21(26(4,23)24)13(2)18(22)20-15-8-6-5-7-14(15)19/h5-11,13H,1-4H3,(H,20,22)/t13-/m0/s1. The molecule has 0 aliphatic heterocycles. The maximum Gasteiger partial charge on any atom is 0.248 e. The molecule has 0 unspecified atom stereocenters. The lowest BCUT2D eigenvalue weighted by atomic mass is 10.2. The van der Waals surface area contributed by atoms with E-state index in [1.165, 1.54) is 14.0 Å². The van der Waals surface area contributed by atoms with Crippen LogP contribution in [0.4, 0.5) is 11.4 Å². The fourth-order valence-electron chi connectivity index (χ4n) is 2.55. The third-order valence-corrected chi connectivity index (χ3v) is 5.35. The highest BCUT2D eigenvalue weighted by atomic mass is 35.5. The van der Waals surface area contributed by atoms with Gasteiger partial charge in [0.2, 0.25) is 15.9 Å². The predicted molar refractivity (Wildman–Crippen MR) is 105 cm³/mol. The molecule has 1 amide bonds. The van der Waals surface area contributed by atoms with Crippen molar-refractivity contribution in [3.8, 4) is 5.75 Å². The van der Waals surface area contributed by atoms with Crippen molar-refractivity contribution in [2.45, 2.75) is 19.9 Å². The van der Waals surface area contributed by atoms with Crippen LogP contribution in [0.15, 0.2) is 42.5 Å². The summed E-state index contributed by atoms with van der Waals surface area (Å²) in [5.74, 6) is -0.148. The van der Waals surface area contributed by atoms with Crippen molar-refractivity contribution in [2.75, 3.05) is 23.0 Å². The number of nitrogens with one attached hydrogen (secondary N) is 1. The normalized spacial score (nSPS) is 12.3. The number of sulfonamides is 1. The van der Waals surface area contributed by atoms with Gasteiger partial charge in [-0.1, -0.05) is 29.8 Å². The topological polar surface area (TPSA) is 75.7 Å². The Labute approximate surface area is 158 Å². The number of carbonyl (C=O) groups excluding carboxylic acids is 1. The van der Waals surface area contributed by atoms with Gasteiger partial charge in [-0.25, -0.2) is 8.42 Å². The zero-order valence-corrected chi connectivity index (χ0v) is 16.6. The van der Waals surface area contributed by atoms with E-state index >= 15 is 0 Å². The number of benzene rings is 2. The van der Waals surface area contributed by atoms with Crippen molar-refractivity contribution >= 4 is 38.9 Å². The average Bonchev–Trinajstić information content (AvgIpc) is 2.56. The Bertz CT molecular complexity index is 915. The van der Waals surface area contributed by atoms with E-state index in [2.05, 4.69) is 5.32 Å². The summed E-state index contributed by atoms with van der Waals surface area (Å²) in [5, 5.41) is 3.03. The molecule has 1 atom stereocenters. The number of nitrogens with zero attached hydrogens (tertiary/aromatic N) is 1. The van der Waals surface area contributed by atoms with Gasteiger partial charge in [-0.2, -0.15) is 0 Å². The molecule has 2 rings (SSSR count). The van der Waals surface area contributed by atoms with Gasteiger partial charge in [0.1, 0.15) is 11.8 Å². The van der Waals surface area contributed by atoms with Crippen LogP contribution in [0.1, 0.15) is 12.5 Å². The van der Waals surface area contributed by atoms with Gasteiger partial charge in [-0.3, -0.25) is 9.10 Å². The molecular formula is C18H21ClN2O4S. The first kappa shape index (κ1) is 20.1. The van der Waals surface area contributed by atoms with E-state index in [0.29, 0.717) is 22.1 Å². The van der Waals surface area contributed by atoms with E-state index in [4.69, 9.17) is 16.3 Å². The number of anilines is 2. The molecule has 2 aromatic carbocycles. The summed E-state index contributed by atoms with van der Waals surface area (Å²) in [6.45, 7) is 3.34. The maximum atomic E-state index is 12.7. The number of carbonyl (C=O) groups is 1. The molecule has 1 N–H and O–H groups in total. The third kappa shape index (κ3) is 4.47. The Morgan fingerprint density at radius 3 is 2.46 bits per heavy atom. The van der Waals surface area contributed by atoms with Gasteiger partial charge in [0.25, 0.3) is 0 Å². The van der Waals surface area contributed by atoms with E-state index in [1.807, 2.05) is 6.92 Å². The molecule has 140 valence electrons. The number of ether oxygens (including phenoxy) is 1. The summed E-state index contributed by atoms with van der Waals surface area (Å²) in [4.78, 5) is 12.7. The van der Waals surface area contributed by atoms with Crippen molar-refractivity contribution < 1.29 is 17.9 Å². The molecule has 0 aromatic heterocycles. The van der Waals surface area contributed by atoms with Crippen LogP contribution < -0.4 is 14.4 Å². The second-order valence-electron chi connectivity index (χ2n) is 5.88. The Kier molecular flexibility index (Phi) is 6.15. The van der Waals surface area contributed by atoms with Gasteiger partial charge < -0.3 is 10.1 Å². The highest BCUT2D eigenvalue weighted by Gasteiger charge is 2.31. The molecule has 0 saturated heterocycles. The molecule has 0 fully saturated rings. The zero-order chi connectivity index (χ0) is 19.5. The van der Waals surface area contributed by atoms with Crippen molar-refractivity contribution in [3.63, 3.8) is 0 Å². The third-order valence-electron chi connectivity index (χ3n) is 3.79. The average molecular weight is 397 g/mol. The Morgan fingerprint density at radius 2 is 1.88 bits per heavy atom. The minimum Gasteiger partial charge on any atom is -0.495 e. The largest absolute Gasteiger partial charge is 0.495 e. The molecule has 0 radical (unpaired) electrons. The molecule has 8 heteroatoms. The first-order chi connectivity index (χ1) is 12.1. The molecule has 0 heterocycles. The van der Waals surface area contributed by atoms with Crippen molar-refractivity contribution in [2.24, 2.45) is 0 Å². The number of hydrogen-bond donors (Lipinski definition) is 1. The van der Waals surface area contributed by atoms with Crippen LogP contribution in [-0.4, -0.2) is 33.7 Å². The molecule has 6 nitrogen and oxygen atoms in total. The first-order valence-electron chi connectivity index (χ1n) is 7.84. The van der Waals surface area contributed by atoms with Crippen molar-refractivity contribution in [1.29, 1.82) is 0 Å². The van der Waals surface area contributed by atoms with E-state index in [0.717, 1.165) is 16.1 Å². The van der Waals surface area contributed by atoms with E-state index < -0.39 is 22.0 Å². The lowest BCUT2D eigenvalue weighted by Crippen LogP contribution is -2.45. The summed E-state index contributed by atoms with van der Waals surface area (Å²) < 4.78 is 31.2. The maximum absolute atomic E-state index is 12.7. The number of para-hydroxylation sites is 1. The number of aryl methyl sites for hydroxylation is 1. The molecule has 0 saturated carbocycles. The number of methoxy groups -OCH3 is 1. The van der Waals surface area contributed by atoms with E-state index in [9.17, 15) is 13.2 Å². The van der Waals surface area contributed by atoms with Gasteiger partial charge in [0.15, 0.2) is 0 Å². The fraction of sp³-hybridized carbons (Fsp3) is 0.278. The summed E-state index contributed by atoms with van der Waals surface area (Å²) in [7, 11) is -2.31. The number of rotatable bonds is 6. The lowest BCUT2D eigenvalue weighted by Gasteiger charge is -2.29. The molecule has 0 aliphatic carbocycles. The quantitative estimate of drug-likeness (QED) is 0.811. The van der Waals surface area contributed by atoms with Gasteiger partial charge in [-0.15, -0.1) is 0 Å². The van der Waals surface area contributed by atoms with Crippen LogP contribution in [-0.2, 0) is 14.8 Å². The smallest absolute Gasteiger partial charge is 0.248 e. The predicted octanol–water partition coefficient (Wildman–Crippen LogP) is 3.45. The minimum atomic E-state index is -3.75. The Balaban J connectivity index is 2.43. The fourth-order valence-corrected chi connectivity index (χ4v) is 3.91. The van der Waals surface area contributed by atoms with Crippen LogP contribution in [0, 0.1) is 6.92 Å². The zero-order valence-electron chi connectivity index (χ0n) is 15.0. The number of halogens is 1. The highest BCUT2D eigenvalue weighted by Crippen LogP contribution is 2.33. The first-order valence-corrected chi connectivity index (χ1v) is 10.1. The van der Waals surface area contributed by atoms with Crippen LogP contribution >= 0.6 is 11.6 Å². The number of hydrogen-bond acceptors (Lipinski definition) is 4. The molecular weight excluding hydrogens is 376 g/mol. The summed E-state index contributed by atoms with van der Waals surface area (Å²) in [6, 6.07) is 10.9. The monoisotopic (exact) mass is 396 g/mol. The van der Waals surface area contributed by atoms with Crippen LogP contribution in [0.5, 0.6) is 5.75 Å². The van der Waals surface area contributed by atoms with Crippen LogP contribution in [0.3, 0.4) is 0 Å². The highest BCUT2D eigenvalue weighted by molar-refractivity contribution is 7.92. The Hall–Kier alpha value is -2.25. The van der Waals surface area contributed by atoms with E-state index in [1.54, 1.807) is 42.5 Å². The molecule has 26 heavy (non-hydrogen) atoms. The van der Waals surface area contributed by atoms with Crippen molar-refractivity contribution in [1.82, 2.24) is 0 Å². The summed E-state index contributed by atoms with van der Waals surface area (Å²) >= 11 is 6.06. The van der Waals surface area contributed by atoms with Gasteiger partial charge in [0, 0.05) is 0 Å². The van der Waals surface area contributed by atoms with Gasteiger partial charge >= 0.3 is 0 Å². The second kappa shape index (κ2) is 7.97. The molecule has 2 aromatic rings. The molecule has 0 spiro atoms. The minimum absolute atomic E-state index is 0.303. The van der Waals surface area contributed by atoms with Gasteiger partial charge in [-0.05, 0) is 43.7 Å². The van der Waals surface area contributed by atoms with Crippen LogP contribution in [0.25, 0.3) is 0 Å². The van der Waals surface area contributed by atoms with Crippen LogP contribution in [0.2, 0.25) is 5.02 Å². The summed E-state index contributed by atoms with van der Waals surface area (Å²) in [5.41, 5.74) is 1.56.